The van der Waals surface area contributed by atoms with E-state index in [1.165, 1.54) is 18.4 Å². The van der Waals surface area contributed by atoms with Gasteiger partial charge >= 0.3 is 11.9 Å². The molecular weight excluding hydrogens is 398 g/mol. The molecule has 1 aliphatic carbocycles. The van der Waals surface area contributed by atoms with E-state index in [9.17, 15) is 19.2 Å². The van der Waals surface area contributed by atoms with Crippen molar-refractivity contribution in [2.45, 2.75) is 38.1 Å². The molecule has 10 heteroatoms. The molecule has 29 heavy (non-hydrogen) atoms. The van der Waals surface area contributed by atoms with Gasteiger partial charge in [0.25, 0.3) is 11.8 Å². The van der Waals surface area contributed by atoms with Gasteiger partial charge in [0.1, 0.15) is 11.4 Å². The number of ether oxygens (including phenoxy) is 2. The Morgan fingerprint density at radius 2 is 2.10 bits per heavy atom. The van der Waals surface area contributed by atoms with Gasteiger partial charge < -0.3 is 25.0 Å². The van der Waals surface area contributed by atoms with Gasteiger partial charge in [0, 0.05) is 0 Å². The van der Waals surface area contributed by atoms with Gasteiger partial charge in [-0.1, -0.05) is 0 Å². The number of nitrogens with one attached hydrogen (secondary N) is 3. The lowest BCUT2D eigenvalue weighted by molar-refractivity contribution is -0.909. The Hall–Kier alpha value is -2.46. The molecule has 2 aliphatic rings. The van der Waals surface area contributed by atoms with E-state index in [0.29, 0.717) is 34.5 Å². The first-order valence-electron chi connectivity index (χ1n) is 9.72. The van der Waals surface area contributed by atoms with Crippen LogP contribution in [0.4, 0.5) is 5.00 Å². The minimum Gasteiger partial charge on any atom is -0.469 e. The second-order valence-electron chi connectivity index (χ2n) is 7.15. The van der Waals surface area contributed by atoms with Gasteiger partial charge in [0.2, 0.25) is 0 Å². The van der Waals surface area contributed by atoms with Gasteiger partial charge in [-0.15, -0.1) is 11.3 Å². The first-order chi connectivity index (χ1) is 13.9. The number of anilines is 1. The van der Waals surface area contributed by atoms with Gasteiger partial charge in [-0.3, -0.25) is 14.4 Å². The number of rotatable bonds is 8. The molecule has 0 radical (unpaired) electrons. The van der Waals surface area contributed by atoms with Crippen molar-refractivity contribution in [2.24, 2.45) is 0 Å². The lowest BCUT2D eigenvalue weighted by Gasteiger charge is -2.30. The summed E-state index contributed by atoms with van der Waals surface area (Å²) in [5.41, 5.74) is 1.36. The highest BCUT2D eigenvalue weighted by molar-refractivity contribution is 7.15. The number of thiophene rings is 1. The molecule has 9 nitrogen and oxygen atoms in total. The maximum atomic E-state index is 12.7. The average Bonchev–Trinajstić information content (AvgIpc) is 3.45. The van der Waals surface area contributed by atoms with Crippen LogP contribution in [0.2, 0.25) is 0 Å². The van der Waals surface area contributed by atoms with Crippen LogP contribution < -0.4 is 15.5 Å². The first kappa shape index (κ1) is 21.3. The van der Waals surface area contributed by atoms with Crippen molar-refractivity contribution in [3.63, 3.8) is 0 Å². The van der Waals surface area contributed by atoms with Crippen LogP contribution in [0.1, 0.15) is 48.0 Å². The van der Waals surface area contributed by atoms with E-state index in [1.54, 1.807) is 6.92 Å². The molecule has 3 rings (SSSR count). The van der Waals surface area contributed by atoms with Gasteiger partial charge in [0.05, 0.1) is 32.4 Å². The summed E-state index contributed by atoms with van der Waals surface area (Å²) in [4.78, 5) is 49.6. The number of hydrogen-bond acceptors (Lipinski definition) is 7. The lowest BCUT2D eigenvalue weighted by Crippen LogP contribution is -3.20. The first-order valence-corrected chi connectivity index (χ1v) is 10.6. The molecule has 0 spiro atoms. The van der Waals surface area contributed by atoms with Crippen molar-refractivity contribution in [2.75, 3.05) is 38.7 Å². The molecule has 2 amide bonds. The summed E-state index contributed by atoms with van der Waals surface area (Å²) in [7, 11) is 1.26. The fourth-order valence-corrected chi connectivity index (χ4v) is 4.52. The largest absolute Gasteiger partial charge is 0.469 e. The lowest BCUT2D eigenvalue weighted by atomic mass is 10.1. The monoisotopic (exact) mass is 424 g/mol. The normalized spacial score (nSPS) is 21.2. The number of esters is 2. The average molecular weight is 424 g/mol. The second-order valence-corrected chi connectivity index (χ2v) is 8.03. The number of piperazine rings is 1. The van der Waals surface area contributed by atoms with Crippen molar-refractivity contribution in [3.05, 3.63) is 16.5 Å². The number of methoxy groups -OCH3 is 1. The predicted octanol–water partition coefficient (Wildman–Crippen LogP) is -0.313. The summed E-state index contributed by atoms with van der Waals surface area (Å²) in [5, 5.41) is 7.91. The molecule has 3 N–H and O–H groups in total. The topological polar surface area (TPSA) is 115 Å². The van der Waals surface area contributed by atoms with Gasteiger partial charge in [-0.2, -0.15) is 0 Å². The van der Waals surface area contributed by atoms with Crippen LogP contribution in [0.15, 0.2) is 5.38 Å². The number of carbonyl (C=O) groups excluding carboxylic acids is 4. The summed E-state index contributed by atoms with van der Waals surface area (Å²) in [6.45, 7) is 2.95. The Balaban J connectivity index is 1.70. The SMILES string of the molecule is CCOC(=O)c1c(C2CC2)csc1NC(=O)C[NH+]1CCNC(=O)[C@@H]1CC(=O)OC. The molecule has 2 fully saturated rings. The number of hydrogen-bond donors (Lipinski definition) is 3. The summed E-state index contributed by atoms with van der Waals surface area (Å²) in [6, 6.07) is -0.683. The number of quaternary nitrogens is 1. The Labute approximate surface area is 172 Å². The van der Waals surface area contributed by atoms with Crippen LogP contribution in [0.25, 0.3) is 0 Å². The summed E-state index contributed by atoms with van der Waals surface area (Å²) in [5.74, 6) is -1.18. The van der Waals surface area contributed by atoms with Crippen LogP contribution in [-0.4, -0.2) is 63.1 Å². The third kappa shape index (κ3) is 5.13. The van der Waals surface area contributed by atoms with E-state index in [2.05, 4.69) is 15.4 Å². The molecule has 2 atom stereocenters. The summed E-state index contributed by atoms with van der Waals surface area (Å²) < 4.78 is 9.84. The Morgan fingerprint density at radius 3 is 2.76 bits per heavy atom. The fraction of sp³-hybridized carbons (Fsp3) is 0.579. The van der Waals surface area contributed by atoms with E-state index < -0.39 is 18.0 Å². The highest BCUT2D eigenvalue weighted by atomic mass is 32.1. The van der Waals surface area contributed by atoms with Crippen molar-refractivity contribution in [3.8, 4) is 0 Å². The van der Waals surface area contributed by atoms with Crippen LogP contribution >= 0.6 is 11.3 Å². The fourth-order valence-electron chi connectivity index (χ4n) is 3.48. The van der Waals surface area contributed by atoms with Crippen LogP contribution in [0.5, 0.6) is 0 Å². The molecule has 1 saturated heterocycles. The zero-order chi connectivity index (χ0) is 21.0. The van der Waals surface area contributed by atoms with E-state index in [-0.39, 0.29) is 31.4 Å². The molecular formula is C19H26N3O6S+. The smallest absolute Gasteiger partial charge is 0.341 e. The van der Waals surface area contributed by atoms with Gasteiger partial charge in [-0.05, 0) is 36.6 Å². The van der Waals surface area contributed by atoms with E-state index in [0.717, 1.165) is 18.4 Å². The molecule has 0 bridgehead atoms. The van der Waals surface area contributed by atoms with Crippen LogP contribution in [0.3, 0.4) is 0 Å². The Morgan fingerprint density at radius 1 is 1.34 bits per heavy atom. The van der Waals surface area contributed by atoms with E-state index in [1.807, 2.05) is 5.38 Å². The third-order valence-corrected chi connectivity index (χ3v) is 6.02. The predicted molar refractivity (Wildman–Crippen MR) is 105 cm³/mol. The molecule has 1 saturated carbocycles. The van der Waals surface area contributed by atoms with Crippen molar-refractivity contribution in [1.29, 1.82) is 0 Å². The maximum absolute atomic E-state index is 12.7. The van der Waals surface area contributed by atoms with Crippen LogP contribution in [-0.2, 0) is 23.9 Å². The summed E-state index contributed by atoms with van der Waals surface area (Å²) in [6.07, 6.45) is 1.96. The molecule has 1 unspecified atom stereocenters. The summed E-state index contributed by atoms with van der Waals surface area (Å²) >= 11 is 1.31. The number of amides is 2. The molecule has 1 aromatic heterocycles. The Bertz CT molecular complexity index is 804. The Kier molecular flexibility index (Phi) is 6.86. The highest BCUT2D eigenvalue weighted by Gasteiger charge is 2.37. The minimum atomic E-state index is -0.683. The highest BCUT2D eigenvalue weighted by Crippen LogP contribution is 2.46. The van der Waals surface area contributed by atoms with Crippen molar-refractivity contribution in [1.82, 2.24) is 5.32 Å². The van der Waals surface area contributed by atoms with E-state index >= 15 is 0 Å². The number of carbonyl (C=O) groups is 4. The van der Waals surface area contributed by atoms with Gasteiger partial charge in [0.15, 0.2) is 12.6 Å². The quantitative estimate of drug-likeness (QED) is 0.493. The third-order valence-electron chi connectivity index (χ3n) is 5.11. The molecule has 158 valence electrons. The maximum Gasteiger partial charge on any atom is 0.341 e. The van der Waals surface area contributed by atoms with Gasteiger partial charge in [-0.25, -0.2) is 4.79 Å². The molecule has 1 aliphatic heterocycles. The molecule has 2 heterocycles. The van der Waals surface area contributed by atoms with Crippen LogP contribution in [0, 0.1) is 0 Å². The van der Waals surface area contributed by atoms with Crippen molar-refractivity contribution >= 4 is 40.1 Å². The standard InChI is InChI=1S/C19H25N3O6S/c1-3-28-19(26)16-12(11-4-5-11)10-29-18(16)21-14(23)9-22-7-6-20-17(25)13(22)8-15(24)27-2/h10-11,13H,3-9H2,1-2H3,(H,20,25)(H,21,23)/p+1/t13-/m0/s1. The zero-order valence-electron chi connectivity index (χ0n) is 16.5. The van der Waals surface area contributed by atoms with E-state index in [4.69, 9.17) is 4.74 Å². The molecule has 0 aromatic carbocycles. The minimum absolute atomic E-state index is 0.00794. The zero-order valence-corrected chi connectivity index (χ0v) is 17.4. The second kappa shape index (κ2) is 9.36. The molecule has 1 aromatic rings. The van der Waals surface area contributed by atoms with Crippen molar-refractivity contribution < 1.29 is 33.6 Å².